The summed E-state index contributed by atoms with van der Waals surface area (Å²) in [5, 5.41) is 17.2. The largest absolute Gasteiger partial charge is 0.390 e. The van der Waals surface area contributed by atoms with E-state index in [1.807, 2.05) is 22.7 Å². The second-order valence-electron chi connectivity index (χ2n) is 9.93. The topological polar surface area (TPSA) is 78.7 Å². The normalized spacial score (nSPS) is 12.9. The number of carbonyl (C=O) groups excluding carboxylic acids is 1. The number of rotatable bonds is 13. The van der Waals surface area contributed by atoms with Gasteiger partial charge in [0.25, 0.3) is 5.91 Å². The number of aliphatic hydroxyl groups excluding tert-OH is 1. The summed E-state index contributed by atoms with van der Waals surface area (Å²) in [5.74, 6) is -1.80. The third-order valence-corrected chi connectivity index (χ3v) is 6.87. The number of hydrogen-bond donors (Lipinski definition) is 3. The molecule has 2 aromatic carbocycles. The quantitative estimate of drug-likeness (QED) is 0.225. The minimum atomic E-state index is -1.01. The Morgan fingerprint density at radius 1 is 1.03 bits per heavy atom. The number of nitrogens with one attached hydrogen (secondary N) is 2. The van der Waals surface area contributed by atoms with E-state index in [4.69, 9.17) is 0 Å². The third-order valence-electron chi connectivity index (χ3n) is 6.87. The minimum absolute atomic E-state index is 0.0592. The maximum absolute atomic E-state index is 13.9. The van der Waals surface area contributed by atoms with Crippen LogP contribution in [0.15, 0.2) is 67.0 Å². The van der Waals surface area contributed by atoms with E-state index in [0.29, 0.717) is 17.7 Å². The number of benzene rings is 2. The Labute approximate surface area is 228 Å². The lowest BCUT2D eigenvalue weighted by atomic mass is 10.00. The summed E-state index contributed by atoms with van der Waals surface area (Å²) in [7, 11) is 0. The molecule has 206 valence electrons. The SMILES string of the molecule is CCCCc1cnc2ccc(C(=O)N[C@@H](Cc3cc(F)cc(F)c3)[C@@H](O)CNCc3cccc(CC)c3)cn12. The number of halogens is 2. The van der Waals surface area contributed by atoms with E-state index in [-0.39, 0.29) is 18.9 Å². The zero-order valence-corrected chi connectivity index (χ0v) is 22.5. The molecular formula is C31H36F2N4O2. The van der Waals surface area contributed by atoms with E-state index in [1.165, 1.54) is 17.7 Å². The molecule has 0 bridgehead atoms. The van der Waals surface area contributed by atoms with Crippen LogP contribution in [0.25, 0.3) is 5.65 Å². The molecule has 0 saturated heterocycles. The monoisotopic (exact) mass is 534 g/mol. The van der Waals surface area contributed by atoms with Crippen molar-refractivity contribution < 1.29 is 18.7 Å². The fourth-order valence-corrected chi connectivity index (χ4v) is 4.69. The van der Waals surface area contributed by atoms with Crippen molar-refractivity contribution in [1.29, 1.82) is 0 Å². The molecule has 0 spiro atoms. The molecule has 0 radical (unpaired) electrons. The third kappa shape index (κ3) is 7.71. The van der Waals surface area contributed by atoms with Crippen molar-refractivity contribution in [3.05, 3.63) is 107 Å². The van der Waals surface area contributed by atoms with Crippen LogP contribution in [-0.4, -0.2) is 39.1 Å². The van der Waals surface area contributed by atoms with Crippen LogP contribution in [-0.2, 0) is 25.8 Å². The Morgan fingerprint density at radius 2 is 1.79 bits per heavy atom. The number of imidazole rings is 1. The van der Waals surface area contributed by atoms with Crippen molar-refractivity contribution in [2.45, 2.75) is 64.6 Å². The van der Waals surface area contributed by atoms with E-state index in [9.17, 15) is 18.7 Å². The Bertz CT molecular complexity index is 1380. The first kappa shape index (κ1) is 28.4. The summed E-state index contributed by atoms with van der Waals surface area (Å²) in [6, 6.07) is 14.1. The van der Waals surface area contributed by atoms with Crippen LogP contribution < -0.4 is 10.6 Å². The number of nitrogens with zero attached hydrogens (tertiary/aromatic N) is 2. The van der Waals surface area contributed by atoms with Gasteiger partial charge in [0.05, 0.1) is 17.7 Å². The average Bonchev–Trinajstić information content (AvgIpc) is 3.33. The number of aryl methyl sites for hydroxylation is 2. The highest BCUT2D eigenvalue weighted by molar-refractivity contribution is 5.94. The second kappa shape index (κ2) is 13.4. The van der Waals surface area contributed by atoms with Crippen LogP contribution in [0, 0.1) is 11.6 Å². The molecule has 0 fully saturated rings. The Hall–Kier alpha value is -3.62. The molecule has 4 aromatic rings. The number of fused-ring (bicyclic) bond motifs is 1. The van der Waals surface area contributed by atoms with Crippen molar-refractivity contribution in [2.75, 3.05) is 6.54 Å². The molecular weight excluding hydrogens is 498 g/mol. The minimum Gasteiger partial charge on any atom is -0.390 e. The van der Waals surface area contributed by atoms with Gasteiger partial charge in [-0.05, 0) is 66.6 Å². The second-order valence-corrected chi connectivity index (χ2v) is 9.93. The standard InChI is InChI=1S/C31H36F2N4O2/c1-3-5-9-27-18-35-30-11-10-24(20-37(27)30)31(39)36-28(15-23-13-25(32)16-26(33)14-23)29(38)19-34-17-22-8-6-7-21(4-2)12-22/h6-8,10-14,16,18,20,28-29,34,38H,3-5,9,15,17,19H2,1-2H3,(H,36,39)/t28-,29-/m0/s1. The van der Waals surface area contributed by atoms with E-state index >= 15 is 0 Å². The lowest BCUT2D eigenvalue weighted by Crippen LogP contribution is -2.48. The number of hydrogen-bond acceptors (Lipinski definition) is 4. The Balaban J connectivity index is 1.50. The van der Waals surface area contributed by atoms with Gasteiger partial charge >= 0.3 is 0 Å². The van der Waals surface area contributed by atoms with Gasteiger partial charge in [-0.3, -0.25) is 4.79 Å². The van der Waals surface area contributed by atoms with E-state index in [2.05, 4.69) is 41.6 Å². The van der Waals surface area contributed by atoms with Gasteiger partial charge in [0.2, 0.25) is 0 Å². The van der Waals surface area contributed by atoms with Gasteiger partial charge < -0.3 is 20.1 Å². The molecule has 0 unspecified atom stereocenters. The fourth-order valence-electron chi connectivity index (χ4n) is 4.69. The van der Waals surface area contributed by atoms with Crippen molar-refractivity contribution in [1.82, 2.24) is 20.0 Å². The molecule has 0 aliphatic carbocycles. The van der Waals surface area contributed by atoms with E-state index in [0.717, 1.165) is 48.7 Å². The van der Waals surface area contributed by atoms with E-state index in [1.54, 1.807) is 18.3 Å². The van der Waals surface area contributed by atoms with Crippen molar-refractivity contribution in [2.24, 2.45) is 0 Å². The zero-order valence-electron chi connectivity index (χ0n) is 22.5. The summed E-state index contributed by atoms with van der Waals surface area (Å²) in [4.78, 5) is 17.7. The molecule has 2 atom stereocenters. The molecule has 8 heteroatoms. The number of amides is 1. The van der Waals surface area contributed by atoms with Crippen LogP contribution in [0.4, 0.5) is 8.78 Å². The van der Waals surface area contributed by atoms with Crippen molar-refractivity contribution in [3.8, 4) is 0 Å². The fraction of sp³-hybridized carbons (Fsp3) is 0.355. The summed E-state index contributed by atoms with van der Waals surface area (Å²) >= 11 is 0. The summed E-state index contributed by atoms with van der Waals surface area (Å²) < 4.78 is 29.7. The van der Waals surface area contributed by atoms with Crippen LogP contribution in [0.3, 0.4) is 0 Å². The van der Waals surface area contributed by atoms with Gasteiger partial charge in [-0.25, -0.2) is 13.8 Å². The smallest absolute Gasteiger partial charge is 0.253 e. The summed E-state index contributed by atoms with van der Waals surface area (Å²) in [6.07, 6.45) is 6.45. The summed E-state index contributed by atoms with van der Waals surface area (Å²) in [6.45, 7) is 4.93. The molecule has 3 N–H and O–H groups in total. The first-order valence-electron chi connectivity index (χ1n) is 13.5. The highest BCUT2D eigenvalue weighted by Crippen LogP contribution is 2.15. The van der Waals surface area contributed by atoms with Crippen LogP contribution in [0.5, 0.6) is 0 Å². The molecule has 4 rings (SSSR count). The highest BCUT2D eigenvalue weighted by Gasteiger charge is 2.23. The van der Waals surface area contributed by atoms with Crippen LogP contribution >= 0.6 is 0 Å². The molecule has 1 amide bonds. The lowest BCUT2D eigenvalue weighted by molar-refractivity contribution is 0.0829. The summed E-state index contributed by atoms with van der Waals surface area (Å²) in [5.41, 5.74) is 4.83. The van der Waals surface area contributed by atoms with Gasteiger partial charge in [-0.2, -0.15) is 0 Å². The van der Waals surface area contributed by atoms with Gasteiger partial charge in [0.1, 0.15) is 17.3 Å². The van der Waals surface area contributed by atoms with Crippen molar-refractivity contribution >= 4 is 11.6 Å². The van der Waals surface area contributed by atoms with Gasteiger partial charge in [0.15, 0.2) is 0 Å². The van der Waals surface area contributed by atoms with E-state index < -0.39 is 23.8 Å². The molecule has 2 aromatic heterocycles. The number of aromatic nitrogens is 2. The van der Waals surface area contributed by atoms with Crippen LogP contribution in [0.1, 0.15) is 59.4 Å². The van der Waals surface area contributed by atoms with Gasteiger partial charge in [0, 0.05) is 37.2 Å². The maximum Gasteiger partial charge on any atom is 0.253 e. The molecule has 39 heavy (non-hydrogen) atoms. The average molecular weight is 535 g/mol. The Morgan fingerprint density at radius 3 is 2.54 bits per heavy atom. The van der Waals surface area contributed by atoms with Crippen molar-refractivity contribution in [3.63, 3.8) is 0 Å². The molecule has 0 aliphatic rings. The molecule has 2 heterocycles. The van der Waals surface area contributed by atoms with Crippen LogP contribution in [0.2, 0.25) is 0 Å². The predicted octanol–water partition coefficient (Wildman–Crippen LogP) is 5.01. The first-order chi connectivity index (χ1) is 18.9. The maximum atomic E-state index is 13.9. The predicted molar refractivity (Wildman–Crippen MR) is 149 cm³/mol. The van der Waals surface area contributed by atoms with Gasteiger partial charge in [-0.15, -0.1) is 0 Å². The molecule has 6 nitrogen and oxygen atoms in total. The van der Waals surface area contributed by atoms with Gasteiger partial charge in [-0.1, -0.05) is 44.5 Å². The lowest BCUT2D eigenvalue weighted by Gasteiger charge is -2.25. The molecule has 0 saturated carbocycles. The highest BCUT2D eigenvalue weighted by atomic mass is 19.1. The Kier molecular flexibility index (Phi) is 9.79. The molecule has 0 aliphatic heterocycles. The number of unbranched alkanes of at least 4 members (excludes halogenated alkanes) is 1. The number of aliphatic hydroxyl groups is 1. The number of carbonyl (C=O) groups is 1. The number of pyridine rings is 1. The first-order valence-corrected chi connectivity index (χ1v) is 13.5. The zero-order chi connectivity index (χ0) is 27.8.